The van der Waals surface area contributed by atoms with Gasteiger partial charge in [0.1, 0.15) is 0 Å². The van der Waals surface area contributed by atoms with E-state index in [1.807, 2.05) is 47.8 Å². The van der Waals surface area contributed by atoms with E-state index in [1.165, 1.54) is 13.1 Å². The summed E-state index contributed by atoms with van der Waals surface area (Å²) in [6.45, 7) is -0.634. The molecule has 31 heavy (non-hydrogen) atoms. The second-order valence-electron chi connectivity index (χ2n) is 6.61. The van der Waals surface area contributed by atoms with Crippen LogP contribution in [0, 0.1) is 0 Å². The molecule has 3 rings (SSSR count). The number of amides is 4. The molecule has 0 heterocycles. The topological polar surface area (TPSA) is 114 Å². The molecule has 0 atom stereocenters. The standard InChI is InChI=1S/C23H21N3O5/c1-24-23(30)26-21(28)14-31-22(29)18-11-4-5-12-19(18)25-20(27)13-16-9-6-8-15-7-2-3-10-17(15)16/h2-12H,13-14H2,1H3,(H,25,27)(H2,24,26,28,30). The average molecular weight is 419 g/mol. The molecular weight excluding hydrogens is 398 g/mol. The van der Waals surface area contributed by atoms with Crippen LogP contribution in [0.2, 0.25) is 0 Å². The summed E-state index contributed by atoms with van der Waals surface area (Å²) < 4.78 is 4.95. The maximum Gasteiger partial charge on any atom is 0.340 e. The maximum absolute atomic E-state index is 12.6. The molecule has 8 nitrogen and oxygen atoms in total. The average Bonchev–Trinajstić information content (AvgIpc) is 2.78. The van der Waals surface area contributed by atoms with Crippen molar-refractivity contribution in [3.8, 4) is 0 Å². The Labute approximate surface area is 178 Å². The summed E-state index contributed by atoms with van der Waals surface area (Å²) in [5, 5.41) is 8.95. The minimum absolute atomic E-state index is 0.0986. The fourth-order valence-electron chi connectivity index (χ4n) is 3.02. The van der Waals surface area contributed by atoms with Crippen LogP contribution in [0.15, 0.2) is 66.7 Å². The largest absolute Gasteiger partial charge is 0.452 e. The Balaban J connectivity index is 1.67. The normalized spacial score (nSPS) is 10.2. The van der Waals surface area contributed by atoms with E-state index in [9.17, 15) is 19.2 Å². The van der Waals surface area contributed by atoms with Gasteiger partial charge in [0.25, 0.3) is 5.91 Å². The fourth-order valence-corrected chi connectivity index (χ4v) is 3.02. The molecule has 0 aliphatic carbocycles. The SMILES string of the molecule is CNC(=O)NC(=O)COC(=O)c1ccccc1NC(=O)Cc1cccc2ccccc12. The minimum atomic E-state index is -0.798. The van der Waals surface area contributed by atoms with Crippen LogP contribution >= 0.6 is 0 Å². The second-order valence-corrected chi connectivity index (χ2v) is 6.61. The van der Waals surface area contributed by atoms with Crippen molar-refractivity contribution in [1.29, 1.82) is 0 Å². The number of esters is 1. The van der Waals surface area contributed by atoms with Crippen LogP contribution in [0.5, 0.6) is 0 Å². The van der Waals surface area contributed by atoms with Gasteiger partial charge in [0.15, 0.2) is 6.61 Å². The summed E-state index contributed by atoms with van der Waals surface area (Å²) >= 11 is 0. The third-order valence-electron chi connectivity index (χ3n) is 4.47. The van der Waals surface area contributed by atoms with Crippen molar-refractivity contribution in [3.63, 3.8) is 0 Å². The van der Waals surface area contributed by atoms with E-state index in [-0.39, 0.29) is 23.6 Å². The number of ether oxygens (including phenoxy) is 1. The van der Waals surface area contributed by atoms with E-state index in [0.717, 1.165) is 16.3 Å². The second kappa shape index (κ2) is 10.0. The van der Waals surface area contributed by atoms with Gasteiger partial charge in [0.05, 0.1) is 17.7 Å². The molecule has 0 unspecified atom stereocenters. The van der Waals surface area contributed by atoms with Gasteiger partial charge < -0.3 is 15.4 Å². The monoisotopic (exact) mass is 419 g/mol. The molecule has 0 saturated carbocycles. The number of hydrogen-bond donors (Lipinski definition) is 3. The quantitative estimate of drug-likeness (QED) is 0.532. The number of urea groups is 1. The van der Waals surface area contributed by atoms with Gasteiger partial charge in [-0.2, -0.15) is 0 Å². The molecule has 0 fully saturated rings. The number of benzene rings is 3. The Morgan fingerprint density at radius 3 is 2.35 bits per heavy atom. The summed E-state index contributed by atoms with van der Waals surface area (Å²) in [5.41, 5.74) is 1.23. The first-order valence-electron chi connectivity index (χ1n) is 9.52. The van der Waals surface area contributed by atoms with Crippen LogP contribution in [0.25, 0.3) is 10.8 Å². The molecule has 0 spiro atoms. The third kappa shape index (κ3) is 5.66. The molecular formula is C23H21N3O5. The van der Waals surface area contributed by atoms with Crippen molar-refractivity contribution in [3.05, 3.63) is 77.9 Å². The Kier molecular flexibility index (Phi) is 6.95. The summed E-state index contributed by atoms with van der Waals surface area (Å²) in [7, 11) is 1.35. The lowest BCUT2D eigenvalue weighted by Gasteiger charge is -2.12. The zero-order valence-corrected chi connectivity index (χ0v) is 16.8. The summed E-state index contributed by atoms with van der Waals surface area (Å²) in [4.78, 5) is 47.8. The Morgan fingerprint density at radius 1 is 0.839 bits per heavy atom. The number of nitrogens with one attached hydrogen (secondary N) is 3. The number of carbonyl (C=O) groups excluding carboxylic acids is 4. The first-order chi connectivity index (χ1) is 15.0. The molecule has 0 radical (unpaired) electrons. The van der Waals surface area contributed by atoms with Crippen LogP contribution in [-0.2, 0) is 20.7 Å². The van der Waals surface area contributed by atoms with E-state index < -0.39 is 24.5 Å². The highest BCUT2D eigenvalue weighted by atomic mass is 16.5. The van der Waals surface area contributed by atoms with Gasteiger partial charge in [-0.3, -0.25) is 14.9 Å². The van der Waals surface area contributed by atoms with Gasteiger partial charge in [-0.05, 0) is 28.5 Å². The highest BCUT2D eigenvalue weighted by Gasteiger charge is 2.17. The van der Waals surface area contributed by atoms with Gasteiger partial charge in [0, 0.05) is 7.05 Å². The minimum Gasteiger partial charge on any atom is -0.452 e. The number of carbonyl (C=O) groups is 4. The van der Waals surface area contributed by atoms with E-state index in [1.54, 1.807) is 18.2 Å². The third-order valence-corrected chi connectivity index (χ3v) is 4.47. The Hall–Kier alpha value is -4.20. The van der Waals surface area contributed by atoms with E-state index in [0.29, 0.717) is 0 Å². The zero-order chi connectivity index (χ0) is 22.2. The maximum atomic E-state index is 12.6. The zero-order valence-electron chi connectivity index (χ0n) is 16.8. The van der Waals surface area contributed by atoms with Gasteiger partial charge in [-0.1, -0.05) is 54.6 Å². The molecule has 0 saturated heterocycles. The number of anilines is 1. The van der Waals surface area contributed by atoms with Crippen molar-refractivity contribution in [2.24, 2.45) is 0 Å². The number of para-hydroxylation sites is 1. The van der Waals surface area contributed by atoms with E-state index in [2.05, 4.69) is 10.6 Å². The number of imide groups is 1. The molecule has 3 aromatic rings. The van der Waals surface area contributed by atoms with Crippen molar-refractivity contribution in [1.82, 2.24) is 10.6 Å². The molecule has 3 aromatic carbocycles. The molecule has 0 aliphatic rings. The lowest BCUT2D eigenvalue weighted by atomic mass is 10.0. The summed E-state index contributed by atoms with van der Waals surface area (Å²) in [5.74, 6) is -1.87. The lowest BCUT2D eigenvalue weighted by molar-refractivity contribution is -0.123. The number of fused-ring (bicyclic) bond motifs is 1. The molecule has 8 heteroatoms. The van der Waals surface area contributed by atoms with Gasteiger partial charge in [0.2, 0.25) is 5.91 Å². The van der Waals surface area contributed by atoms with Crippen LogP contribution in [0.4, 0.5) is 10.5 Å². The summed E-state index contributed by atoms with van der Waals surface area (Å²) in [6, 6.07) is 19.1. The van der Waals surface area contributed by atoms with Crippen molar-refractivity contribution < 1.29 is 23.9 Å². The van der Waals surface area contributed by atoms with Crippen LogP contribution in [-0.4, -0.2) is 37.5 Å². The predicted molar refractivity (Wildman–Crippen MR) is 116 cm³/mol. The molecule has 4 amide bonds. The van der Waals surface area contributed by atoms with Crippen molar-refractivity contribution >= 4 is 40.3 Å². The first-order valence-corrected chi connectivity index (χ1v) is 9.52. The summed E-state index contributed by atoms with van der Waals surface area (Å²) in [6.07, 6.45) is 0.124. The van der Waals surface area contributed by atoms with E-state index >= 15 is 0 Å². The first kappa shape index (κ1) is 21.5. The molecule has 158 valence electrons. The van der Waals surface area contributed by atoms with Gasteiger partial charge in [-0.15, -0.1) is 0 Å². The smallest absolute Gasteiger partial charge is 0.340 e. The molecule has 3 N–H and O–H groups in total. The van der Waals surface area contributed by atoms with Crippen molar-refractivity contribution in [2.45, 2.75) is 6.42 Å². The van der Waals surface area contributed by atoms with Crippen LogP contribution in [0.3, 0.4) is 0 Å². The Morgan fingerprint density at radius 2 is 1.55 bits per heavy atom. The van der Waals surface area contributed by atoms with Crippen molar-refractivity contribution in [2.75, 3.05) is 19.0 Å². The highest BCUT2D eigenvalue weighted by molar-refractivity contribution is 6.03. The molecule has 0 bridgehead atoms. The predicted octanol–water partition coefficient (Wildman–Crippen LogP) is 2.63. The molecule has 0 aromatic heterocycles. The van der Waals surface area contributed by atoms with Gasteiger partial charge in [-0.25, -0.2) is 9.59 Å². The fraction of sp³-hybridized carbons (Fsp3) is 0.130. The number of rotatable bonds is 6. The van der Waals surface area contributed by atoms with E-state index in [4.69, 9.17) is 4.74 Å². The van der Waals surface area contributed by atoms with Gasteiger partial charge >= 0.3 is 12.0 Å². The highest BCUT2D eigenvalue weighted by Crippen LogP contribution is 2.21. The number of hydrogen-bond acceptors (Lipinski definition) is 5. The van der Waals surface area contributed by atoms with Crippen LogP contribution < -0.4 is 16.0 Å². The Bertz CT molecular complexity index is 1140. The lowest BCUT2D eigenvalue weighted by Crippen LogP contribution is -2.39. The molecule has 0 aliphatic heterocycles. The van der Waals surface area contributed by atoms with Crippen LogP contribution in [0.1, 0.15) is 15.9 Å².